The number of hydrogen-bond acceptors (Lipinski definition) is 11. The fourth-order valence-corrected chi connectivity index (χ4v) is 5.33. The third-order valence-corrected chi connectivity index (χ3v) is 7.27. The lowest BCUT2D eigenvalue weighted by Crippen LogP contribution is -2.16. The van der Waals surface area contributed by atoms with Crippen LogP contribution in [0.5, 0.6) is 17.4 Å². The minimum absolute atomic E-state index is 0.112. The van der Waals surface area contributed by atoms with Crippen molar-refractivity contribution in [1.29, 1.82) is 0 Å². The van der Waals surface area contributed by atoms with E-state index in [1.807, 2.05) is 35.7 Å². The SMILES string of the molecule is CCOC(=O)Oc1c(Cc2ccc3nsnc3c2)c(-c2cccs2)nn1Cc1ccc(OC)cc1OCC(=O)O. The molecule has 0 amide bonds. The molecule has 0 spiro atoms. The maximum Gasteiger partial charge on any atom is 0.515 e. The van der Waals surface area contributed by atoms with Crippen LogP contribution in [0.15, 0.2) is 53.9 Å². The Morgan fingerprint density at radius 3 is 2.67 bits per heavy atom. The standard InChI is InChI=1S/C27H24N4O7S2/c1-3-36-27(34)38-26-19(11-16-6-9-20-21(12-16)30-40-29-20)25(23-5-4-10-39-23)28-31(26)14-17-7-8-18(35-2)13-22(17)37-15-24(32)33/h4-10,12-13H,3,11,14-15H2,1-2H3,(H,32,33). The normalized spacial score (nSPS) is 10.9. The van der Waals surface area contributed by atoms with Gasteiger partial charge in [-0.25, -0.2) is 14.3 Å². The number of carboxylic acid groups (broad SMARTS) is 1. The number of carbonyl (C=O) groups is 2. The molecule has 5 rings (SSSR count). The molecule has 0 aliphatic rings. The van der Waals surface area contributed by atoms with Crippen molar-refractivity contribution in [2.24, 2.45) is 0 Å². The van der Waals surface area contributed by atoms with Crippen molar-refractivity contribution in [1.82, 2.24) is 18.5 Å². The number of hydrogen-bond donors (Lipinski definition) is 1. The zero-order valence-corrected chi connectivity index (χ0v) is 23.2. The first-order valence-electron chi connectivity index (χ1n) is 12.2. The van der Waals surface area contributed by atoms with Gasteiger partial charge < -0.3 is 24.1 Å². The minimum atomic E-state index is -1.12. The summed E-state index contributed by atoms with van der Waals surface area (Å²) in [6.45, 7) is 1.41. The van der Waals surface area contributed by atoms with Crippen LogP contribution >= 0.6 is 23.1 Å². The van der Waals surface area contributed by atoms with Crippen LogP contribution in [-0.2, 0) is 22.5 Å². The van der Waals surface area contributed by atoms with Gasteiger partial charge in [-0.1, -0.05) is 12.1 Å². The fourth-order valence-electron chi connectivity index (χ4n) is 4.07. The molecule has 0 bridgehead atoms. The number of fused-ring (bicyclic) bond motifs is 1. The molecule has 0 saturated carbocycles. The van der Waals surface area contributed by atoms with Gasteiger partial charge in [0.2, 0.25) is 5.88 Å². The summed E-state index contributed by atoms with van der Waals surface area (Å²) in [5.41, 5.74) is 4.45. The summed E-state index contributed by atoms with van der Waals surface area (Å²) >= 11 is 2.65. The Balaban J connectivity index is 1.61. The molecule has 11 nitrogen and oxygen atoms in total. The summed E-state index contributed by atoms with van der Waals surface area (Å²) in [5, 5.41) is 16.0. The average molecular weight is 581 g/mol. The van der Waals surface area contributed by atoms with Crippen molar-refractivity contribution in [3.05, 3.63) is 70.6 Å². The van der Waals surface area contributed by atoms with Crippen LogP contribution in [0.4, 0.5) is 4.79 Å². The molecule has 0 saturated heterocycles. The third-order valence-electron chi connectivity index (χ3n) is 5.84. The van der Waals surface area contributed by atoms with E-state index in [2.05, 4.69) is 8.75 Å². The highest BCUT2D eigenvalue weighted by Gasteiger charge is 2.25. The van der Waals surface area contributed by atoms with Crippen LogP contribution < -0.4 is 14.2 Å². The zero-order chi connectivity index (χ0) is 28.1. The number of aliphatic carboxylic acids is 1. The number of aromatic nitrogens is 4. The number of rotatable bonds is 11. The third kappa shape index (κ3) is 6.05. The quantitative estimate of drug-likeness (QED) is 0.206. The van der Waals surface area contributed by atoms with Crippen molar-refractivity contribution in [3.63, 3.8) is 0 Å². The van der Waals surface area contributed by atoms with E-state index in [4.69, 9.17) is 29.2 Å². The first-order valence-corrected chi connectivity index (χ1v) is 13.8. The topological polar surface area (TPSA) is 135 Å². The first kappa shape index (κ1) is 27.1. The van der Waals surface area contributed by atoms with Crippen molar-refractivity contribution >= 4 is 46.2 Å². The Bertz CT molecular complexity index is 1650. The van der Waals surface area contributed by atoms with Crippen LogP contribution in [-0.4, -0.2) is 56.1 Å². The highest BCUT2D eigenvalue weighted by atomic mass is 32.1. The van der Waals surface area contributed by atoms with Crippen LogP contribution in [0, 0.1) is 0 Å². The van der Waals surface area contributed by atoms with Crippen LogP contribution in [0.1, 0.15) is 23.6 Å². The largest absolute Gasteiger partial charge is 0.515 e. The van der Waals surface area contributed by atoms with E-state index in [1.54, 1.807) is 29.8 Å². The molecule has 0 aliphatic carbocycles. The summed E-state index contributed by atoms with van der Waals surface area (Å²) in [5.74, 6) is -0.105. The van der Waals surface area contributed by atoms with Gasteiger partial charge in [-0.15, -0.1) is 11.3 Å². The maximum absolute atomic E-state index is 12.6. The molecule has 0 radical (unpaired) electrons. The zero-order valence-electron chi connectivity index (χ0n) is 21.5. The Hall–Kier alpha value is -4.49. The number of methoxy groups -OCH3 is 1. The Morgan fingerprint density at radius 2 is 1.93 bits per heavy atom. The number of thiophene rings is 1. The first-order chi connectivity index (χ1) is 19.4. The minimum Gasteiger partial charge on any atom is -0.497 e. The van der Waals surface area contributed by atoms with E-state index in [0.29, 0.717) is 34.7 Å². The highest BCUT2D eigenvalue weighted by molar-refractivity contribution is 7.13. The van der Waals surface area contributed by atoms with E-state index in [-0.39, 0.29) is 19.0 Å². The van der Waals surface area contributed by atoms with Crippen LogP contribution in [0.3, 0.4) is 0 Å². The van der Waals surface area contributed by atoms with Crippen molar-refractivity contribution < 1.29 is 33.6 Å². The molecular weight excluding hydrogens is 556 g/mol. The van der Waals surface area contributed by atoms with Gasteiger partial charge in [-0.3, -0.25) is 0 Å². The van der Waals surface area contributed by atoms with E-state index in [9.17, 15) is 9.59 Å². The number of nitrogens with zero attached hydrogens (tertiary/aromatic N) is 4. The molecular formula is C27H24N4O7S2. The highest BCUT2D eigenvalue weighted by Crippen LogP contribution is 2.37. The van der Waals surface area contributed by atoms with Gasteiger partial charge >= 0.3 is 12.1 Å². The monoisotopic (exact) mass is 580 g/mol. The second kappa shape index (κ2) is 12.1. The molecule has 13 heteroatoms. The second-order valence-corrected chi connectivity index (χ2v) is 9.95. The average Bonchev–Trinajstić information content (AvgIpc) is 3.70. The van der Waals surface area contributed by atoms with Crippen LogP contribution in [0.2, 0.25) is 0 Å². The number of carbonyl (C=O) groups excluding carboxylic acids is 1. The summed E-state index contributed by atoms with van der Waals surface area (Å²) < 4.78 is 31.9. The number of carboxylic acids is 1. The van der Waals surface area contributed by atoms with E-state index in [1.165, 1.54) is 18.4 Å². The fraction of sp³-hybridized carbons (Fsp3) is 0.222. The predicted molar refractivity (Wildman–Crippen MR) is 149 cm³/mol. The van der Waals surface area contributed by atoms with Crippen molar-refractivity contribution in [2.45, 2.75) is 19.9 Å². The summed E-state index contributed by atoms with van der Waals surface area (Å²) in [7, 11) is 1.51. The van der Waals surface area contributed by atoms with E-state index >= 15 is 0 Å². The van der Waals surface area contributed by atoms with Crippen LogP contribution in [0.25, 0.3) is 21.6 Å². The van der Waals surface area contributed by atoms with E-state index in [0.717, 1.165) is 33.2 Å². The smallest absolute Gasteiger partial charge is 0.497 e. The van der Waals surface area contributed by atoms with Crippen molar-refractivity contribution in [3.8, 4) is 28.0 Å². The molecule has 206 valence electrons. The molecule has 0 fully saturated rings. The Morgan fingerprint density at radius 1 is 1.07 bits per heavy atom. The van der Waals surface area contributed by atoms with Gasteiger partial charge in [-0.05, 0) is 48.2 Å². The summed E-state index contributed by atoms with van der Waals surface area (Å²) in [6.07, 6.45) is -0.473. The predicted octanol–water partition coefficient (Wildman–Crippen LogP) is 5.26. The maximum atomic E-state index is 12.6. The summed E-state index contributed by atoms with van der Waals surface area (Å²) in [6, 6.07) is 14.7. The van der Waals surface area contributed by atoms with Crippen molar-refractivity contribution in [2.75, 3.05) is 20.3 Å². The molecule has 0 atom stereocenters. The number of benzene rings is 2. The Labute approximate surface area is 236 Å². The lowest BCUT2D eigenvalue weighted by atomic mass is 10.0. The van der Waals surface area contributed by atoms with Gasteiger partial charge in [0, 0.05) is 23.6 Å². The second-order valence-electron chi connectivity index (χ2n) is 8.47. The number of ether oxygens (including phenoxy) is 4. The van der Waals surface area contributed by atoms with Gasteiger partial charge in [0.25, 0.3) is 0 Å². The van der Waals surface area contributed by atoms with Gasteiger partial charge in [0.05, 0.1) is 36.9 Å². The molecule has 5 aromatic rings. The lowest BCUT2D eigenvalue weighted by molar-refractivity contribution is -0.139. The Kier molecular flexibility index (Phi) is 8.22. The molecule has 3 aromatic heterocycles. The molecule has 1 N–H and O–H groups in total. The van der Waals surface area contributed by atoms with Gasteiger partial charge in [-0.2, -0.15) is 13.8 Å². The van der Waals surface area contributed by atoms with Gasteiger partial charge in [0.1, 0.15) is 28.2 Å². The molecule has 0 unspecified atom stereocenters. The lowest BCUT2D eigenvalue weighted by Gasteiger charge is -2.14. The summed E-state index contributed by atoms with van der Waals surface area (Å²) in [4.78, 5) is 24.7. The molecule has 3 heterocycles. The molecule has 40 heavy (non-hydrogen) atoms. The van der Waals surface area contributed by atoms with E-state index < -0.39 is 18.7 Å². The van der Waals surface area contributed by atoms with Gasteiger partial charge in [0.15, 0.2) is 6.61 Å². The molecule has 2 aromatic carbocycles. The molecule has 0 aliphatic heterocycles.